The van der Waals surface area contributed by atoms with Crippen LogP contribution in [0.15, 0.2) is 35.3 Å². The van der Waals surface area contributed by atoms with Gasteiger partial charge in [-0.25, -0.2) is 0 Å². The largest absolute Gasteiger partial charge is 0.374 e. The molecule has 0 bridgehead atoms. The molecule has 86 valence electrons. The number of amidine groups is 1. The lowest BCUT2D eigenvalue weighted by Crippen LogP contribution is -2.25. The fourth-order valence-corrected chi connectivity index (χ4v) is 2.01. The third-order valence-corrected chi connectivity index (χ3v) is 2.96. The summed E-state index contributed by atoms with van der Waals surface area (Å²) in [5.74, 6) is 1.22. The van der Waals surface area contributed by atoms with Gasteiger partial charge in [0.25, 0.3) is 0 Å². The Morgan fingerprint density at radius 1 is 1.06 bits per heavy atom. The predicted molar refractivity (Wildman–Crippen MR) is 68.9 cm³/mol. The lowest BCUT2D eigenvalue weighted by Gasteiger charge is -2.08. The Bertz CT molecular complexity index is 330. The second-order valence-electron chi connectivity index (χ2n) is 4.30. The van der Waals surface area contributed by atoms with Crippen LogP contribution in [0.2, 0.25) is 0 Å². The minimum Gasteiger partial charge on any atom is -0.374 e. The molecule has 1 aliphatic heterocycles. The maximum Gasteiger partial charge on any atom is 0.0963 e. The molecule has 0 aromatic heterocycles. The van der Waals surface area contributed by atoms with Gasteiger partial charge in [0.2, 0.25) is 0 Å². The van der Waals surface area contributed by atoms with Gasteiger partial charge in [0, 0.05) is 19.5 Å². The summed E-state index contributed by atoms with van der Waals surface area (Å²) in [5, 5.41) is 3.46. The van der Waals surface area contributed by atoms with Crippen LogP contribution in [0, 0.1) is 0 Å². The van der Waals surface area contributed by atoms with Crippen LogP contribution in [0.1, 0.15) is 31.2 Å². The van der Waals surface area contributed by atoms with Crippen molar-refractivity contribution in [2.75, 3.05) is 13.1 Å². The molecule has 1 aromatic carbocycles. The third kappa shape index (κ3) is 3.69. The number of hydrogen-bond donors (Lipinski definition) is 1. The average molecular weight is 216 g/mol. The van der Waals surface area contributed by atoms with Crippen LogP contribution in [-0.4, -0.2) is 18.9 Å². The van der Waals surface area contributed by atoms with Crippen LogP contribution in [0.4, 0.5) is 0 Å². The highest BCUT2D eigenvalue weighted by molar-refractivity contribution is 5.82. The number of aliphatic imine (C=N–C) groups is 1. The van der Waals surface area contributed by atoms with Gasteiger partial charge in [0.05, 0.1) is 5.84 Å². The number of nitrogens with one attached hydrogen (secondary N) is 1. The Kier molecular flexibility index (Phi) is 4.41. The molecule has 0 radical (unpaired) electrons. The van der Waals surface area contributed by atoms with Crippen molar-refractivity contribution in [1.82, 2.24) is 5.32 Å². The molecule has 0 aliphatic carbocycles. The van der Waals surface area contributed by atoms with Crippen molar-refractivity contribution >= 4 is 5.84 Å². The van der Waals surface area contributed by atoms with Crippen LogP contribution < -0.4 is 5.32 Å². The van der Waals surface area contributed by atoms with E-state index in [1.807, 2.05) is 0 Å². The minimum atomic E-state index is 1.00. The van der Waals surface area contributed by atoms with E-state index in [0.29, 0.717) is 0 Å². The van der Waals surface area contributed by atoms with Crippen LogP contribution >= 0.6 is 0 Å². The quantitative estimate of drug-likeness (QED) is 0.825. The zero-order valence-electron chi connectivity index (χ0n) is 9.78. The van der Waals surface area contributed by atoms with Gasteiger partial charge in [-0.1, -0.05) is 36.8 Å². The molecule has 0 amide bonds. The maximum absolute atomic E-state index is 4.56. The fourth-order valence-electron chi connectivity index (χ4n) is 2.01. The van der Waals surface area contributed by atoms with E-state index >= 15 is 0 Å². The molecule has 0 saturated heterocycles. The van der Waals surface area contributed by atoms with Gasteiger partial charge < -0.3 is 5.32 Å². The van der Waals surface area contributed by atoms with Crippen molar-refractivity contribution in [1.29, 1.82) is 0 Å². The van der Waals surface area contributed by atoms with E-state index in [1.54, 1.807) is 0 Å². The molecule has 0 atom stereocenters. The van der Waals surface area contributed by atoms with Crippen molar-refractivity contribution in [3.8, 4) is 0 Å². The normalized spacial score (nSPS) is 16.4. The molecule has 2 rings (SSSR count). The Hall–Kier alpha value is -1.31. The summed E-state index contributed by atoms with van der Waals surface area (Å²) >= 11 is 0. The van der Waals surface area contributed by atoms with E-state index in [2.05, 4.69) is 40.6 Å². The highest BCUT2D eigenvalue weighted by Crippen LogP contribution is 2.06. The first-order chi connectivity index (χ1) is 7.95. The summed E-state index contributed by atoms with van der Waals surface area (Å²) in [6.07, 6.45) is 6.09. The number of rotatable bonds is 3. The van der Waals surface area contributed by atoms with Gasteiger partial charge in [0.1, 0.15) is 0 Å². The van der Waals surface area contributed by atoms with Crippen LogP contribution in [-0.2, 0) is 6.42 Å². The van der Waals surface area contributed by atoms with E-state index in [-0.39, 0.29) is 0 Å². The fraction of sp³-hybridized carbons (Fsp3) is 0.500. The topological polar surface area (TPSA) is 24.4 Å². The molecular weight excluding hydrogens is 196 g/mol. The SMILES string of the molecule is c1ccc(CCNC2=NCCCCC2)cc1. The Balaban J connectivity index is 1.73. The summed E-state index contributed by atoms with van der Waals surface area (Å²) in [6, 6.07) is 10.6. The molecule has 1 aliphatic rings. The monoisotopic (exact) mass is 216 g/mol. The molecule has 1 aromatic rings. The zero-order chi connectivity index (χ0) is 11.1. The molecule has 1 heterocycles. The summed E-state index contributed by atoms with van der Waals surface area (Å²) in [6.45, 7) is 2.01. The second-order valence-corrected chi connectivity index (χ2v) is 4.30. The van der Waals surface area contributed by atoms with Gasteiger partial charge >= 0.3 is 0 Å². The Morgan fingerprint density at radius 3 is 2.81 bits per heavy atom. The average Bonchev–Trinajstić information content (AvgIpc) is 2.59. The van der Waals surface area contributed by atoms with E-state index in [9.17, 15) is 0 Å². The summed E-state index contributed by atoms with van der Waals surface area (Å²) < 4.78 is 0. The van der Waals surface area contributed by atoms with Crippen molar-refractivity contribution < 1.29 is 0 Å². The first-order valence-corrected chi connectivity index (χ1v) is 6.26. The molecule has 0 unspecified atom stereocenters. The van der Waals surface area contributed by atoms with Crippen LogP contribution in [0.25, 0.3) is 0 Å². The second kappa shape index (κ2) is 6.31. The van der Waals surface area contributed by atoms with E-state index in [1.165, 1.54) is 30.7 Å². The van der Waals surface area contributed by atoms with E-state index < -0.39 is 0 Å². The summed E-state index contributed by atoms with van der Waals surface area (Å²) in [4.78, 5) is 4.56. The molecule has 0 saturated carbocycles. The lowest BCUT2D eigenvalue weighted by atomic mass is 10.1. The van der Waals surface area contributed by atoms with E-state index in [4.69, 9.17) is 0 Å². The van der Waals surface area contributed by atoms with Crippen LogP contribution in [0.5, 0.6) is 0 Å². The number of hydrogen-bond acceptors (Lipinski definition) is 2. The zero-order valence-corrected chi connectivity index (χ0v) is 9.78. The number of nitrogens with zero attached hydrogens (tertiary/aromatic N) is 1. The maximum atomic E-state index is 4.56. The van der Waals surface area contributed by atoms with Gasteiger partial charge in [-0.2, -0.15) is 0 Å². The third-order valence-electron chi connectivity index (χ3n) is 2.96. The molecule has 2 heteroatoms. The molecule has 2 nitrogen and oxygen atoms in total. The molecular formula is C14H20N2. The highest BCUT2D eigenvalue weighted by atomic mass is 15.0. The van der Waals surface area contributed by atoms with Gasteiger partial charge in [-0.3, -0.25) is 4.99 Å². The molecule has 0 spiro atoms. The minimum absolute atomic E-state index is 1.00. The summed E-state index contributed by atoms with van der Waals surface area (Å²) in [7, 11) is 0. The lowest BCUT2D eigenvalue weighted by molar-refractivity contribution is 0.728. The van der Waals surface area contributed by atoms with Crippen molar-refractivity contribution in [2.45, 2.75) is 32.1 Å². The highest BCUT2D eigenvalue weighted by Gasteiger charge is 2.02. The number of benzene rings is 1. The van der Waals surface area contributed by atoms with Crippen molar-refractivity contribution in [2.24, 2.45) is 4.99 Å². The predicted octanol–water partition coefficient (Wildman–Crippen LogP) is 2.79. The van der Waals surface area contributed by atoms with Gasteiger partial charge in [-0.05, 0) is 24.8 Å². The smallest absolute Gasteiger partial charge is 0.0963 e. The van der Waals surface area contributed by atoms with Crippen LogP contribution in [0.3, 0.4) is 0 Å². The molecule has 16 heavy (non-hydrogen) atoms. The first-order valence-electron chi connectivity index (χ1n) is 6.26. The van der Waals surface area contributed by atoms with Gasteiger partial charge in [0.15, 0.2) is 0 Å². The Morgan fingerprint density at radius 2 is 1.94 bits per heavy atom. The first kappa shape index (κ1) is 11.2. The standard InChI is InChI=1S/C14H20N2/c1-3-7-13(8-4-1)10-12-16-14-9-5-2-6-11-15-14/h1,3-4,7-8H,2,5-6,9-12H2,(H,15,16). The molecule has 0 fully saturated rings. The van der Waals surface area contributed by atoms with Gasteiger partial charge in [-0.15, -0.1) is 0 Å². The molecule has 1 N–H and O–H groups in total. The van der Waals surface area contributed by atoms with Crippen molar-refractivity contribution in [3.63, 3.8) is 0 Å². The Labute approximate surface area is 97.8 Å². The van der Waals surface area contributed by atoms with Crippen molar-refractivity contribution in [3.05, 3.63) is 35.9 Å². The van der Waals surface area contributed by atoms with E-state index in [0.717, 1.165) is 25.9 Å². The summed E-state index contributed by atoms with van der Waals surface area (Å²) in [5.41, 5.74) is 1.39.